The molecule has 1 fully saturated rings. The Morgan fingerprint density at radius 1 is 1.17 bits per heavy atom. The van der Waals surface area contributed by atoms with Crippen molar-refractivity contribution in [1.29, 1.82) is 0 Å². The van der Waals surface area contributed by atoms with Crippen molar-refractivity contribution in [3.63, 3.8) is 0 Å². The predicted octanol–water partition coefficient (Wildman–Crippen LogP) is 4.02. The van der Waals surface area contributed by atoms with Crippen molar-refractivity contribution < 1.29 is 4.79 Å². The number of aromatic nitrogens is 1. The van der Waals surface area contributed by atoms with Crippen LogP contribution in [0.5, 0.6) is 0 Å². The Labute approximate surface area is 141 Å². The van der Waals surface area contributed by atoms with E-state index in [0.717, 1.165) is 29.1 Å². The van der Waals surface area contributed by atoms with Gasteiger partial charge < -0.3 is 10.6 Å². The van der Waals surface area contributed by atoms with Crippen molar-refractivity contribution in [2.24, 2.45) is 0 Å². The van der Waals surface area contributed by atoms with E-state index in [1.807, 2.05) is 30.3 Å². The first-order chi connectivity index (χ1) is 11.2. The third kappa shape index (κ3) is 4.45. The predicted molar refractivity (Wildman–Crippen MR) is 92.7 cm³/mol. The summed E-state index contributed by atoms with van der Waals surface area (Å²) in [5, 5.41) is 7.09. The molecule has 0 atom stereocenters. The molecule has 4 nitrogen and oxygen atoms in total. The second-order valence-corrected chi connectivity index (χ2v) is 6.33. The van der Waals surface area contributed by atoms with Gasteiger partial charge in [-0.2, -0.15) is 0 Å². The Hall–Kier alpha value is -2.07. The van der Waals surface area contributed by atoms with Gasteiger partial charge in [0, 0.05) is 30.0 Å². The van der Waals surface area contributed by atoms with E-state index in [-0.39, 0.29) is 5.91 Å². The first kappa shape index (κ1) is 15.8. The molecule has 0 spiro atoms. The molecule has 0 unspecified atom stereocenters. The smallest absolute Gasteiger partial charge is 0.253 e. The summed E-state index contributed by atoms with van der Waals surface area (Å²) < 4.78 is 0. The molecule has 1 aliphatic carbocycles. The summed E-state index contributed by atoms with van der Waals surface area (Å²) in [5.41, 5.74) is 2.55. The highest BCUT2D eigenvalue weighted by molar-refractivity contribution is 6.30. The number of anilines is 1. The molecule has 3 rings (SSSR count). The minimum atomic E-state index is -0.0421. The first-order valence-electron chi connectivity index (χ1n) is 7.95. The van der Waals surface area contributed by atoms with Crippen molar-refractivity contribution in [3.05, 3.63) is 58.9 Å². The normalized spacial score (nSPS) is 14.7. The summed E-state index contributed by atoms with van der Waals surface area (Å²) in [5.74, 6) is -0.0421. The molecule has 5 heteroatoms. The standard InChI is InChI=1S/C18H20ClN3O/c19-15-7-5-13(6-8-15)10-21-17-9-14(11-20-12-17)18(23)22-16-3-1-2-4-16/h5-9,11-12,16,21H,1-4,10H2,(H,22,23). The molecule has 1 heterocycles. The molecule has 1 aliphatic rings. The van der Waals surface area contributed by atoms with E-state index in [2.05, 4.69) is 15.6 Å². The number of halogens is 1. The van der Waals surface area contributed by atoms with Gasteiger partial charge in [-0.05, 0) is 36.6 Å². The Morgan fingerprint density at radius 2 is 1.91 bits per heavy atom. The highest BCUT2D eigenvalue weighted by Crippen LogP contribution is 2.18. The van der Waals surface area contributed by atoms with E-state index in [0.29, 0.717) is 18.2 Å². The Morgan fingerprint density at radius 3 is 2.65 bits per heavy atom. The van der Waals surface area contributed by atoms with Gasteiger partial charge >= 0.3 is 0 Å². The molecule has 1 amide bonds. The lowest BCUT2D eigenvalue weighted by atomic mass is 10.2. The largest absolute Gasteiger partial charge is 0.380 e. The van der Waals surface area contributed by atoms with E-state index >= 15 is 0 Å². The number of hydrogen-bond donors (Lipinski definition) is 2. The number of pyridine rings is 1. The number of carbonyl (C=O) groups is 1. The lowest BCUT2D eigenvalue weighted by Crippen LogP contribution is -2.32. The molecule has 2 aromatic rings. The number of amides is 1. The van der Waals surface area contributed by atoms with E-state index in [9.17, 15) is 4.79 Å². The van der Waals surface area contributed by atoms with Crippen LogP contribution in [0.2, 0.25) is 5.02 Å². The number of carbonyl (C=O) groups excluding carboxylic acids is 1. The summed E-state index contributed by atoms with van der Waals surface area (Å²) in [7, 11) is 0. The molecule has 1 saturated carbocycles. The lowest BCUT2D eigenvalue weighted by molar-refractivity contribution is 0.0937. The Bertz CT molecular complexity index is 666. The van der Waals surface area contributed by atoms with Crippen LogP contribution in [-0.4, -0.2) is 16.9 Å². The van der Waals surface area contributed by atoms with Crippen LogP contribution in [-0.2, 0) is 6.54 Å². The molecule has 2 N–H and O–H groups in total. The van der Waals surface area contributed by atoms with Crippen LogP contribution in [0.15, 0.2) is 42.7 Å². The molecule has 1 aromatic heterocycles. The molecule has 23 heavy (non-hydrogen) atoms. The molecular weight excluding hydrogens is 310 g/mol. The summed E-state index contributed by atoms with van der Waals surface area (Å²) in [6.07, 6.45) is 7.89. The highest BCUT2D eigenvalue weighted by atomic mass is 35.5. The van der Waals surface area contributed by atoms with Crippen LogP contribution in [0.3, 0.4) is 0 Å². The number of nitrogens with zero attached hydrogens (tertiary/aromatic N) is 1. The zero-order chi connectivity index (χ0) is 16.1. The number of hydrogen-bond acceptors (Lipinski definition) is 3. The summed E-state index contributed by atoms with van der Waals surface area (Å²) in [6, 6.07) is 9.82. The van der Waals surface area contributed by atoms with Crippen molar-refractivity contribution in [2.45, 2.75) is 38.3 Å². The quantitative estimate of drug-likeness (QED) is 0.871. The third-order valence-corrected chi connectivity index (χ3v) is 4.35. The fourth-order valence-corrected chi connectivity index (χ4v) is 2.93. The van der Waals surface area contributed by atoms with Crippen molar-refractivity contribution >= 4 is 23.2 Å². The fourth-order valence-electron chi connectivity index (χ4n) is 2.81. The summed E-state index contributed by atoms with van der Waals surface area (Å²) >= 11 is 5.88. The van der Waals surface area contributed by atoms with Gasteiger partial charge in [0.15, 0.2) is 0 Å². The van der Waals surface area contributed by atoms with Gasteiger partial charge in [0.1, 0.15) is 0 Å². The van der Waals surface area contributed by atoms with Gasteiger partial charge in [0.25, 0.3) is 5.91 Å². The van der Waals surface area contributed by atoms with Crippen LogP contribution in [0.4, 0.5) is 5.69 Å². The van der Waals surface area contributed by atoms with Gasteiger partial charge in [-0.1, -0.05) is 36.6 Å². The van der Waals surface area contributed by atoms with E-state index in [1.54, 1.807) is 12.4 Å². The minimum Gasteiger partial charge on any atom is -0.380 e. The second kappa shape index (κ2) is 7.47. The third-order valence-electron chi connectivity index (χ3n) is 4.10. The van der Waals surface area contributed by atoms with Gasteiger partial charge in [-0.25, -0.2) is 0 Å². The average molecular weight is 330 g/mol. The number of rotatable bonds is 5. The Kier molecular flexibility index (Phi) is 5.13. The monoisotopic (exact) mass is 329 g/mol. The zero-order valence-corrected chi connectivity index (χ0v) is 13.6. The molecule has 0 bridgehead atoms. The minimum absolute atomic E-state index is 0.0421. The van der Waals surface area contributed by atoms with Crippen LogP contribution < -0.4 is 10.6 Å². The van der Waals surface area contributed by atoms with Gasteiger partial charge in [0.05, 0.1) is 11.3 Å². The van der Waals surface area contributed by atoms with Gasteiger partial charge in [-0.3, -0.25) is 9.78 Å². The first-order valence-corrected chi connectivity index (χ1v) is 8.33. The summed E-state index contributed by atoms with van der Waals surface area (Å²) in [6.45, 7) is 0.659. The molecule has 120 valence electrons. The van der Waals surface area contributed by atoms with Crippen LogP contribution in [0.1, 0.15) is 41.6 Å². The zero-order valence-electron chi connectivity index (χ0n) is 12.9. The number of nitrogens with one attached hydrogen (secondary N) is 2. The van der Waals surface area contributed by atoms with Crippen LogP contribution in [0, 0.1) is 0 Å². The summed E-state index contributed by atoms with van der Waals surface area (Å²) in [4.78, 5) is 16.4. The van der Waals surface area contributed by atoms with Crippen LogP contribution in [0.25, 0.3) is 0 Å². The number of benzene rings is 1. The average Bonchev–Trinajstić information content (AvgIpc) is 3.07. The topological polar surface area (TPSA) is 54.0 Å². The van der Waals surface area contributed by atoms with Gasteiger partial charge in [-0.15, -0.1) is 0 Å². The fraction of sp³-hybridized carbons (Fsp3) is 0.333. The molecule has 0 saturated heterocycles. The van der Waals surface area contributed by atoms with Crippen molar-refractivity contribution in [3.8, 4) is 0 Å². The SMILES string of the molecule is O=C(NC1CCCC1)c1cncc(NCc2ccc(Cl)cc2)c1. The second-order valence-electron chi connectivity index (χ2n) is 5.90. The molecule has 0 radical (unpaired) electrons. The van der Waals surface area contributed by atoms with Crippen LogP contribution >= 0.6 is 11.6 Å². The molecular formula is C18H20ClN3O. The van der Waals surface area contributed by atoms with E-state index < -0.39 is 0 Å². The van der Waals surface area contributed by atoms with Crippen molar-refractivity contribution in [2.75, 3.05) is 5.32 Å². The maximum Gasteiger partial charge on any atom is 0.253 e. The molecule has 1 aromatic carbocycles. The van der Waals surface area contributed by atoms with E-state index in [4.69, 9.17) is 11.6 Å². The van der Waals surface area contributed by atoms with Crippen molar-refractivity contribution in [1.82, 2.24) is 10.3 Å². The highest BCUT2D eigenvalue weighted by Gasteiger charge is 2.18. The molecule has 0 aliphatic heterocycles. The maximum absolute atomic E-state index is 12.3. The Balaban J connectivity index is 1.60. The van der Waals surface area contributed by atoms with E-state index in [1.165, 1.54) is 12.8 Å². The lowest BCUT2D eigenvalue weighted by Gasteiger charge is -2.12. The maximum atomic E-state index is 12.3. The van der Waals surface area contributed by atoms with Gasteiger partial charge in [0.2, 0.25) is 0 Å².